The molecule has 0 atom stereocenters. The summed E-state index contributed by atoms with van der Waals surface area (Å²) in [4.78, 5) is 0. The number of aliphatic hydroxyl groups is 2. The van der Waals surface area contributed by atoms with Crippen molar-refractivity contribution in [1.82, 2.24) is 0 Å². The molecule has 0 bridgehead atoms. The molecule has 0 aliphatic carbocycles. The lowest BCUT2D eigenvalue weighted by Gasteiger charge is -2.00. The number of aliphatic hydroxyl groups excluding tert-OH is 2. The molecule has 0 aromatic rings. The lowest BCUT2D eigenvalue weighted by molar-refractivity contribution is 0.314. The largest absolute Gasteiger partial charge is 0.392 e. The summed E-state index contributed by atoms with van der Waals surface area (Å²) in [5.74, 6) is 0. The van der Waals surface area contributed by atoms with E-state index in [1.807, 2.05) is 0 Å². The first-order valence-corrected chi connectivity index (χ1v) is 3.45. The zero-order valence-corrected chi connectivity index (χ0v) is 6.75. The van der Waals surface area contributed by atoms with Crippen molar-refractivity contribution in [3.8, 4) is 0 Å². The molecule has 0 unspecified atom stereocenters. The summed E-state index contributed by atoms with van der Waals surface area (Å²) in [5, 5.41) is 17.5. The summed E-state index contributed by atoms with van der Waals surface area (Å²) in [6.07, 6.45) is 5.09. The Morgan fingerprint density at radius 2 is 2.00 bits per heavy atom. The van der Waals surface area contributed by atoms with Crippen LogP contribution in [0.4, 0.5) is 0 Å². The fourth-order valence-electron chi connectivity index (χ4n) is 0.616. The highest BCUT2D eigenvalue weighted by atomic mass is 16.3. The Labute approximate surface area is 67.2 Å². The van der Waals surface area contributed by atoms with Gasteiger partial charge in [-0.3, -0.25) is 0 Å². The summed E-state index contributed by atoms with van der Waals surface area (Å²) in [6, 6.07) is 0. The maximum Gasteiger partial charge on any atom is 0.0682 e. The smallest absolute Gasteiger partial charge is 0.0682 e. The summed E-state index contributed by atoms with van der Waals surface area (Å²) in [5.41, 5.74) is 1.53. The van der Waals surface area contributed by atoms with Gasteiger partial charge in [-0.25, -0.2) is 0 Å². The van der Waals surface area contributed by atoms with Gasteiger partial charge >= 0.3 is 0 Å². The van der Waals surface area contributed by atoms with E-state index in [9.17, 15) is 0 Å². The third-order valence-electron chi connectivity index (χ3n) is 1.39. The molecule has 2 nitrogen and oxygen atoms in total. The molecule has 0 aliphatic heterocycles. The molecule has 0 saturated heterocycles. The van der Waals surface area contributed by atoms with Crippen LogP contribution in [0.2, 0.25) is 0 Å². The average molecular weight is 154 g/mol. The molecule has 0 aromatic carbocycles. The molecule has 0 radical (unpaired) electrons. The van der Waals surface area contributed by atoms with E-state index in [1.54, 1.807) is 25.2 Å². The second-order valence-electron chi connectivity index (χ2n) is 2.22. The molecule has 0 rings (SSSR count). The van der Waals surface area contributed by atoms with Crippen LogP contribution in [-0.2, 0) is 0 Å². The van der Waals surface area contributed by atoms with Crippen LogP contribution < -0.4 is 0 Å². The van der Waals surface area contributed by atoms with Crippen LogP contribution in [0.25, 0.3) is 0 Å². The van der Waals surface area contributed by atoms with Crippen LogP contribution in [0.1, 0.15) is 6.92 Å². The van der Waals surface area contributed by atoms with E-state index in [2.05, 4.69) is 6.58 Å². The van der Waals surface area contributed by atoms with Gasteiger partial charge in [0.1, 0.15) is 0 Å². The minimum Gasteiger partial charge on any atom is -0.392 e. The van der Waals surface area contributed by atoms with E-state index in [0.29, 0.717) is 0 Å². The Morgan fingerprint density at radius 3 is 2.36 bits per heavy atom. The van der Waals surface area contributed by atoms with E-state index in [0.717, 1.165) is 11.1 Å². The predicted octanol–water partition coefficient (Wildman–Crippen LogP) is 1.03. The fourth-order valence-corrected chi connectivity index (χ4v) is 0.616. The van der Waals surface area contributed by atoms with Gasteiger partial charge in [-0.2, -0.15) is 0 Å². The normalized spacial score (nSPS) is 13.4. The fraction of sp³-hybridized carbons (Fsp3) is 0.333. The molecule has 62 valence electrons. The number of rotatable bonds is 4. The third-order valence-corrected chi connectivity index (χ3v) is 1.39. The van der Waals surface area contributed by atoms with Crippen LogP contribution in [0.15, 0.2) is 36.0 Å². The Bertz CT molecular complexity index is 178. The molecule has 0 aliphatic rings. The first-order valence-electron chi connectivity index (χ1n) is 3.45. The quantitative estimate of drug-likeness (QED) is 0.594. The second-order valence-corrected chi connectivity index (χ2v) is 2.22. The van der Waals surface area contributed by atoms with Crippen LogP contribution in [0.5, 0.6) is 0 Å². The standard InChI is InChI=1S/C9H14O2/c1-3-4-5-9(7-11)8(2)6-10/h3-5,10-11H,1,6-7H2,2H3/b5-4-,9-8-. The topological polar surface area (TPSA) is 40.5 Å². The molecule has 0 heterocycles. The summed E-state index contributed by atoms with van der Waals surface area (Å²) >= 11 is 0. The molecule has 0 fully saturated rings. The van der Waals surface area contributed by atoms with Crippen molar-refractivity contribution < 1.29 is 10.2 Å². The molecule has 0 aromatic heterocycles. The highest BCUT2D eigenvalue weighted by Crippen LogP contribution is 2.03. The summed E-state index contributed by atoms with van der Waals surface area (Å²) in [7, 11) is 0. The van der Waals surface area contributed by atoms with Crippen molar-refractivity contribution in [2.24, 2.45) is 0 Å². The highest BCUT2D eigenvalue weighted by Gasteiger charge is 1.94. The van der Waals surface area contributed by atoms with Gasteiger partial charge in [-0.1, -0.05) is 24.8 Å². The Hall–Kier alpha value is -0.860. The molecule has 11 heavy (non-hydrogen) atoms. The van der Waals surface area contributed by atoms with Crippen LogP contribution >= 0.6 is 0 Å². The van der Waals surface area contributed by atoms with Gasteiger partial charge in [0.15, 0.2) is 0 Å². The van der Waals surface area contributed by atoms with Crippen molar-refractivity contribution in [1.29, 1.82) is 0 Å². The summed E-state index contributed by atoms with van der Waals surface area (Å²) < 4.78 is 0. The van der Waals surface area contributed by atoms with Crippen molar-refractivity contribution in [2.75, 3.05) is 13.2 Å². The molecular formula is C9H14O2. The van der Waals surface area contributed by atoms with E-state index in [-0.39, 0.29) is 13.2 Å². The Balaban J connectivity index is 4.37. The number of hydrogen-bond donors (Lipinski definition) is 2. The SMILES string of the molecule is C=C/C=C\C(CO)=C(/C)CO. The van der Waals surface area contributed by atoms with Crippen LogP contribution in [-0.4, -0.2) is 23.4 Å². The first kappa shape index (κ1) is 10.1. The molecule has 0 spiro atoms. The Kier molecular flexibility index (Phi) is 5.43. The van der Waals surface area contributed by atoms with Gasteiger partial charge in [0.2, 0.25) is 0 Å². The van der Waals surface area contributed by atoms with E-state index in [4.69, 9.17) is 10.2 Å². The van der Waals surface area contributed by atoms with Crippen molar-refractivity contribution in [3.63, 3.8) is 0 Å². The van der Waals surface area contributed by atoms with Gasteiger partial charge in [0.25, 0.3) is 0 Å². The van der Waals surface area contributed by atoms with E-state index >= 15 is 0 Å². The molecule has 0 amide bonds. The minimum absolute atomic E-state index is 0.0165. The Morgan fingerprint density at radius 1 is 1.36 bits per heavy atom. The maximum atomic E-state index is 8.80. The van der Waals surface area contributed by atoms with Gasteiger partial charge in [0, 0.05) is 0 Å². The second kappa shape index (κ2) is 5.89. The maximum absolute atomic E-state index is 8.80. The number of hydrogen-bond acceptors (Lipinski definition) is 2. The lowest BCUT2D eigenvalue weighted by Crippen LogP contribution is -1.95. The zero-order chi connectivity index (χ0) is 8.69. The molecular weight excluding hydrogens is 140 g/mol. The highest BCUT2D eigenvalue weighted by molar-refractivity contribution is 5.27. The van der Waals surface area contributed by atoms with Crippen LogP contribution in [0.3, 0.4) is 0 Å². The molecule has 2 N–H and O–H groups in total. The summed E-state index contributed by atoms with van der Waals surface area (Å²) in [6.45, 7) is 5.21. The minimum atomic E-state index is -0.0449. The van der Waals surface area contributed by atoms with Gasteiger partial charge < -0.3 is 10.2 Å². The van der Waals surface area contributed by atoms with Crippen LogP contribution in [0, 0.1) is 0 Å². The zero-order valence-electron chi connectivity index (χ0n) is 6.75. The molecule has 2 heteroatoms. The predicted molar refractivity (Wildman–Crippen MR) is 46.2 cm³/mol. The third kappa shape index (κ3) is 3.75. The monoisotopic (exact) mass is 154 g/mol. The van der Waals surface area contributed by atoms with Crippen molar-refractivity contribution >= 4 is 0 Å². The lowest BCUT2D eigenvalue weighted by atomic mass is 10.1. The number of allylic oxidation sites excluding steroid dienone is 2. The van der Waals surface area contributed by atoms with Crippen molar-refractivity contribution in [2.45, 2.75) is 6.92 Å². The first-order chi connectivity index (χ1) is 5.26. The van der Waals surface area contributed by atoms with Gasteiger partial charge in [-0.05, 0) is 18.1 Å². The van der Waals surface area contributed by atoms with Gasteiger partial charge in [0.05, 0.1) is 13.2 Å². The molecule has 0 saturated carbocycles. The van der Waals surface area contributed by atoms with E-state index < -0.39 is 0 Å². The van der Waals surface area contributed by atoms with Crippen molar-refractivity contribution in [3.05, 3.63) is 36.0 Å². The van der Waals surface area contributed by atoms with Gasteiger partial charge in [-0.15, -0.1) is 0 Å². The van der Waals surface area contributed by atoms with E-state index in [1.165, 1.54) is 0 Å². The average Bonchev–Trinajstić information content (AvgIpc) is 2.05.